The molecule has 10 heteroatoms. The van der Waals surface area contributed by atoms with Gasteiger partial charge in [-0.3, -0.25) is 4.79 Å². The molecule has 4 N–H and O–H groups in total. The van der Waals surface area contributed by atoms with Crippen LogP contribution in [-0.2, 0) is 16.0 Å². The minimum atomic E-state index is -1.55. The van der Waals surface area contributed by atoms with Gasteiger partial charge in [0.1, 0.15) is 0 Å². The summed E-state index contributed by atoms with van der Waals surface area (Å²) in [5.74, 6) is -0.594. The van der Waals surface area contributed by atoms with E-state index in [2.05, 4.69) is 22.8 Å². The summed E-state index contributed by atoms with van der Waals surface area (Å²) in [7, 11) is 0. The van der Waals surface area contributed by atoms with Crippen molar-refractivity contribution in [3.8, 4) is 0 Å². The van der Waals surface area contributed by atoms with Crippen molar-refractivity contribution in [2.75, 3.05) is 39.4 Å². The van der Waals surface area contributed by atoms with E-state index in [-0.39, 0.29) is 30.5 Å². The van der Waals surface area contributed by atoms with Gasteiger partial charge in [-0.15, -0.1) is 0 Å². The number of hydrogen-bond acceptors (Lipinski definition) is 5. The molecule has 1 aliphatic carbocycles. The first-order valence-electron chi connectivity index (χ1n) is 16.5. The van der Waals surface area contributed by atoms with Crippen molar-refractivity contribution in [2.24, 2.45) is 5.41 Å². The van der Waals surface area contributed by atoms with Crippen LogP contribution in [0.4, 0.5) is 9.59 Å². The molecule has 246 valence electrons. The van der Waals surface area contributed by atoms with Crippen LogP contribution >= 0.6 is 0 Å². The molecule has 45 heavy (non-hydrogen) atoms. The van der Waals surface area contributed by atoms with Gasteiger partial charge in [0, 0.05) is 26.2 Å². The SMILES string of the molecule is C[C@@H](NC(=O)C(O)[C@H](CCCCNC(=O)N1CCOCC1)N(CC1(Cc2ccccc2)CCCCC1)C(=O)O)c1ccccc1. The molecule has 0 radical (unpaired) electrons. The highest BCUT2D eigenvalue weighted by atomic mass is 16.5. The lowest BCUT2D eigenvalue weighted by atomic mass is 9.69. The molecular weight excluding hydrogens is 572 g/mol. The topological polar surface area (TPSA) is 131 Å². The van der Waals surface area contributed by atoms with Crippen LogP contribution < -0.4 is 10.6 Å². The number of aliphatic hydroxyl groups is 1. The third kappa shape index (κ3) is 10.2. The molecule has 2 aliphatic rings. The van der Waals surface area contributed by atoms with Crippen LogP contribution in [0.3, 0.4) is 0 Å². The van der Waals surface area contributed by atoms with Crippen molar-refractivity contribution in [3.05, 3.63) is 71.8 Å². The van der Waals surface area contributed by atoms with Crippen LogP contribution in [0.2, 0.25) is 0 Å². The van der Waals surface area contributed by atoms with Gasteiger partial charge in [0.15, 0.2) is 6.10 Å². The lowest BCUT2D eigenvalue weighted by molar-refractivity contribution is -0.134. The smallest absolute Gasteiger partial charge is 0.407 e. The van der Waals surface area contributed by atoms with Crippen LogP contribution in [-0.4, -0.2) is 89.6 Å². The summed E-state index contributed by atoms with van der Waals surface area (Å²) >= 11 is 0. The third-order valence-corrected chi connectivity index (χ3v) is 9.28. The van der Waals surface area contributed by atoms with E-state index in [9.17, 15) is 24.6 Å². The number of amides is 4. The second-order valence-corrected chi connectivity index (χ2v) is 12.6. The molecule has 2 aromatic rings. The maximum atomic E-state index is 13.5. The third-order valence-electron chi connectivity index (χ3n) is 9.28. The predicted molar refractivity (Wildman–Crippen MR) is 173 cm³/mol. The first-order valence-corrected chi connectivity index (χ1v) is 16.5. The number of nitrogens with zero attached hydrogens (tertiary/aromatic N) is 2. The Labute approximate surface area is 267 Å². The second kappa shape index (κ2) is 17.2. The fraction of sp³-hybridized carbons (Fsp3) is 0.571. The second-order valence-electron chi connectivity index (χ2n) is 12.6. The van der Waals surface area contributed by atoms with Crippen molar-refractivity contribution in [2.45, 2.75) is 82.9 Å². The molecule has 2 aromatic carbocycles. The van der Waals surface area contributed by atoms with Gasteiger partial charge in [0.2, 0.25) is 0 Å². The van der Waals surface area contributed by atoms with Crippen LogP contribution in [0.25, 0.3) is 0 Å². The Bertz CT molecular complexity index is 1200. The number of hydrogen-bond donors (Lipinski definition) is 4. The zero-order chi connectivity index (χ0) is 32.1. The molecule has 2 fully saturated rings. The van der Waals surface area contributed by atoms with Gasteiger partial charge in [-0.1, -0.05) is 79.9 Å². The standard InChI is InChI=1S/C35H50N4O6/c1-27(29-15-7-3-8-16-29)37-32(41)31(40)30(17-9-12-20-36-33(42)38-21-23-45-24-22-38)39(34(43)44)26-35(18-10-4-11-19-35)25-28-13-5-2-6-14-28/h2-3,5-8,13-16,27,30-31,40H,4,9-12,17-26H2,1H3,(H,36,42)(H,37,41)(H,43,44)/t27-,30+,31?/m1/s1. The minimum absolute atomic E-state index is 0.142. The van der Waals surface area contributed by atoms with Crippen LogP contribution in [0, 0.1) is 5.41 Å². The number of benzene rings is 2. The van der Waals surface area contributed by atoms with Gasteiger partial charge < -0.3 is 35.4 Å². The number of carbonyl (C=O) groups excluding carboxylic acids is 2. The summed E-state index contributed by atoms with van der Waals surface area (Å²) in [4.78, 5) is 41.9. The van der Waals surface area contributed by atoms with Crippen LogP contribution in [0.15, 0.2) is 60.7 Å². The monoisotopic (exact) mass is 622 g/mol. The highest BCUT2D eigenvalue weighted by molar-refractivity contribution is 5.82. The van der Waals surface area contributed by atoms with Crippen LogP contribution in [0.5, 0.6) is 0 Å². The minimum Gasteiger partial charge on any atom is -0.465 e. The fourth-order valence-electron chi connectivity index (χ4n) is 6.74. The number of rotatable bonds is 14. The Morgan fingerprint density at radius 2 is 1.60 bits per heavy atom. The van der Waals surface area contributed by atoms with Crippen molar-refractivity contribution in [3.63, 3.8) is 0 Å². The average molecular weight is 623 g/mol. The van der Waals surface area contributed by atoms with E-state index >= 15 is 0 Å². The lowest BCUT2D eigenvalue weighted by Crippen LogP contribution is -2.56. The number of ether oxygens (including phenoxy) is 1. The zero-order valence-corrected chi connectivity index (χ0v) is 26.5. The van der Waals surface area contributed by atoms with E-state index in [1.54, 1.807) is 4.90 Å². The Morgan fingerprint density at radius 1 is 0.956 bits per heavy atom. The van der Waals surface area contributed by atoms with Gasteiger partial charge in [-0.05, 0) is 62.0 Å². The largest absolute Gasteiger partial charge is 0.465 e. The summed E-state index contributed by atoms with van der Waals surface area (Å²) in [6, 6.07) is 18.2. The van der Waals surface area contributed by atoms with Gasteiger partial charge >= 0.3 is 12.1 Å². The lowest BCUT2D eigenvalue weighted by Gasteiger charge is -2.43. The Morgan fingerprint density at radius 3 is 2.24 bits per heavy atom. The fourth-order valence-corrected chi connectivity index (χ4v) is 6.74. The zero-order valence-electron chi connectivity index (χ0n) is 26.5. The van der Waals surface area contributed by atoms with Crippen molar-refractivity contribution in [1.29, 1.82) is 0 Å². The Balaban J connectivity index is 1.48. The molecular formula is C35H50N4O6. The van der Waals surface area contributed by atoms with Crippen molar-refractivity contribution >= 4 is 18.0 Å². The number of urea groups is 1. The molecule has 1 saturated carbocycles. The van der Waals surface area contributed by atoms with E-state index in [0.29, 0.717) is 45.7 Å². The average Bonchev–Trinajstić information content (AvgIpc) is 3.06. The van der Waals surface area contributed by atoms with Crippen LogP contribution in [0.1, 0.15) is 75.5 Å². The number of morpholine rings is 1. The number of nitrogens with one attached hydrogen (secondary N) is 2. The molecule has 10 nitrogen and oxygen atoms in total. The summed E-state index contributed by atoms with van der Waals surface area (Å²) in [5, 5.41) is 27.9. The number of carboxylic acid groups (broad SMARTS) is 1. The van der Waals surface area contributed by atoms with E-state index in [4.69, 9.17) is 4.74 Å². The molecule has 4 rings (SSSR count). The number of unbranched alkanes of at least 4 members (excludes halogenated alkanes) is 1. The van der Waals surface area contributed by atoms with E-state index < -0.39 is 24.1 Å². The Kier molecular flexibility index (Phi) is 13.1. The quantitative estimate of drug-likeness (QED) is 0.220. The highest BCUT2D eigenvalue weighted by Gasteiger charge is 2.41. The summed E-state index contributed by atoms with van der Waals surface area (Å²) in [6.07, 6.45) is 4.39. The summed E-state index contributed by atoms with van der Waals surface area (Å²) in [6.45, 7) is 4.65. The van der Waals surface area contributed by atoms with Gasteiger partial charge in [0.25, 0.3) is 5.91 Å². The summed E-state index contributed by atoms with van der Waals surface area (Å²) in [5.41, 5.74) is 1.77. The molecule has 1 heterocycles. The number of aliphatic hydroxyl groups excluding tert-OH is 1. The molecule has 1 aliphatic heterocycles. The van der Waals surface area contributed by atoms with Gasteiger partial charge in [-0.2, -0.15) is 0 Å². The highest BCUT2D eigenvalue weighted by Crippen LogP contribution is 2.41. The Hall–Kier alpha value is -3.63. The molecule has 4 amide bonds. The maximum absolute atomic E-state index is 13.5. The van der Waals surface area contributed by atoms with E-state index in [0.717, 1.165) is 49.7 Å². The normalized spacial score (nSPS) is 18.3. The molecule has 0 spiro atoms. The van der Waals surface area contributed by atoms with Gasteiger partial charge in [0.05, 0.1) is 25.3 Å². The predicted octanol–water partition coefficient (Wildman–Crippen LogP) is 4.98. The first kappa shape index (κ1) is 34.2. The molecule has 0 bridgehead atoms. The van der Waals surface area contributed by atoms with Crippen molar-refractivity contribution < 1.29 is 29.3 Å². The molecule has 3 atom stereocenters. The van der Waals surface area contributed by atoms with Gasteiger partial charge in [-0.25, -0.2) is 9.59 Å². The molecule has 0 aromatic heterocycles. The number of carbonyl (C=O) groups is 3. The van der Waals surface area contributed by atoms with E-state index in [1.807, 2.05) is 55.5 Å². The first-order chi connectivity index (χ1) is 21.8. The summed E-state index contributed by atoms with van der Waals surface area (Å²) < 4.78 is 5.32. The molecule has 1 saturated heterocycles. The van der Waals surface area contributed by atoms with Crippen molar-refractivity contribution in [1.82, 2.24) is 20.4 Å². The maximum Gasteiger partial charge on any atom is 0.407 e. The molecule has 1 unspecified atom stereocenters. The van der Waals surface area contributed by atoms with E-state index in [1.165, 1.54) is 4.90 Å².